The predicted molar refractivity (Wildman–Crippen MR) is 77.8 cm³/mol. The summed E-state index contributed by atoms with van der Waals surface area (Å²) in [4.78, 5) is 19.9. The van der Waals surface area contributed by atoms with Crippen molar-refractivity contribution in [3.63, 3.8) is 0 Å². The van der Waals surface area contributed by atoms with Crippen molar-refractivity contribution < 1.29 is 4.79 Å². The van der Waals surface area contributed by atoms with Gasteiger partial charge in [0.2, 0.25) is 5.91 Å². The third kappa shape index (κ3) is 3.54. The van der Waals surface area contributed by atoms with E-state index < -0.39 is 0 Å². The number of aryl methyl sites for hydroxylation is 1. The standard InChI is InChI=1S/C14H15N7O/c22-14(3-7-20-11-15-10-19-20)17-9-12-2-5-16-13(8-12)21-6-1-4-18-21/h1-2,4-6,8,10-11H,3,7,9H2,(H,17,22). The summed E-state index contributed by atoms with van der Waals surface area (Å²) in [7, 11) is 0. The number of hydrogen-bond donors (Lipinski definition) is 1. The number of carbonyl (C=O) groups is 1. The lowest BCUT2D eigenvalue weighted by atomic mass is 10.2. The molecule has 0 fully saturated rings. The van der Waals surface area contributed by atoms with Crippen molar-refractivity contribution in [2.75, 3.05) is 0 Å². The Hall–Kier alpha value is -3.03. The normalized spacial score (nSPS) is 10.5. The van der Waals surface area contributed by atoms with Gasteiger partial charge in [-0.05, 0) is 23.8 Å². The van der Waals surface area contributed by atoms with Gasteiger partial charge in [-0.25, -0.2) is 14.6 Å². The summed E-state index contributed by atoms with van der Waals surface area (Å²) in [5.41, 5.74) is 0.967. The summed E-state index contributed by atoms with van der Waals surface area (Å²) >= 11 is 0. The molecule has 0 saturated heterocycles. The molecule has 22 heavy (non-hydrogen) atoms. The van der Waals surface area contributed by atoms with Gasteiger partial charge in [-0.3, -0.25) is 9.48 Å². The summed E-state index contributed by atoms with van der Waals surface area (Å²) in [6.07, 6.45) is 8.62. The van der Waals surface area contributed by atoms with Crippen LogP contribution in [0.4, 0.5) is 0 Å². The summed E-state index contributed by atoms with van der Waals surface area (Å²) < 4.78 is 3.30. The molecule has 3 aromatic rings. The van der Waals surface area contributed by atoms with E-state index >= 15 is 0 Å². The van der Waals surface area contributed by atoms with E-state index in [-0.39, 0.29) is 5.91 Å². The first kappa shape index (κ1) is 13.9. The number of nitrogens with zero attached hydrogens (tertiary/aromatic N) is 6. The lowest BCUT2D eigenvalue weighted by Crippen LogP contribution is -2.24. The maximum atomic E-state index is 11.8. The Morgan fingerprint density at radius 2 is 2.23 bits per heavy atom. The van der Waals surface area contributed by atoms with Crippen molar-refractivity contribution in [2.24, 2.45) is 0 Å². The second-order valence-corrected chi connectivity index (χ2v) is 4.66. The molecule has 0 bridgehead atoms. The van der Waals surface area contributed by atoms with Crippen molar-refractivity contribution in [3.8, 4) is 5.82 Å². The number of hydrogen-bond acceptors (Lipinski definition) is 5. The molecule has 0 saturated carbocycles. The first-order chi connectivity index (χ1) is 10.8. The summed E-state index contributed by atoms with van der Waals surface area (Å²) in [5.74, 6) is 0.687. The monoisotopic (exact) mass is 297 g/mol. The first-order valence-corrected chi connectivity index (χ1v) is 6.85. The van der Waals surface area contributed by atoms with Crippen molar-refractivity contribution in [2.45, 2.75) is 19.5 Å². The molecule has 0 radical (unpaired) electrons. The predicted octanol–water partition coefficient (Wildman–Crippen LogP) is 0.565. The topological polar surface area (TPSA) is 90.5 Å². The van der Waals surface area contributed by atoms with Crippen LogP contribution in [-0.4, -0.2) is 35.4 Å². The highest BCUT2D eigenvalue weighted by molar-refractivity contribution is 5.75. The Labute approximate surface area is 126 Å². The number of pyridine rings is 1. The molecule has 0 aliphatic rings. The van der Waals surface area contributed by atoms with Crippen LogP contribution in [0.1, 0.15) is 12.0 Å². The maximum absolute atomic E-state index is 11.8. The highest BCUT2D eigenvalue weighted by atomic mass is 16.1. The lowest BCUT2D eigenvalue weighted by molar-refractivity contribution is -0.121. The van der Waals surface area contributed by atoms with E-state index in [1.807, 2.05) is 24.4 Å². The molecular weight excluding hydrogens is 282 g/mol. The van der Waals surface area contributed by atoms with Crippen LogP contribution in [0, 0.1) is 0 Å². The van der Waals surface area contributed by atoms with Gasteiger partial charge in [0, 0.05) is 31.6 Å². The zero-order chi connectivity index (χ0) is 15.2. The fourth-order valence-electron chi connectivity index (χ4n) is 1.95. The Morgan fingerprint density at radius 1 is 1.27 bits per heavy atom. The van der Waals surface area contributed by atoms with Crippen LogP contribution >= 0.6 is 0 Å². The average Bonchev–Trinajstić information content (AvgIpc) is 3.24. The van der Waals surface area contributed by atoms with Crippen LogP contribution in [0.5, 0.6) is 0 Å². The number of nitrogens with one attached hydrogen (secondary N) is 1. The van der Waals surface area contributed by atoms with E-state index in [0.29, 0.717) is 19.5 Å². The fraction of sp³-hybridized carbons (Fsp3) is 0.214. The Kier molecular flexibility index (Phi) is 4.19. The molecule has 0 aliphatic carbocycles. The minimum absolute atomic E-state index is 0.0343. The SMILES string of the molecule is O=C(CCn1cncn1)NCc1ccnc(-n2cccn2)c1. The van der Waals surface area contributed by atoms with Crippen molar-refractivity contribution >= 4 is 5.91 Å². The molecule has 3 rings (SSSR count). The molecule has 0 aromatic carbocycles. The molecule has 8 heteroatoms. The van der Waals surface area contributed by atoms with Crippen molar-refractivity contribution in [1.29, 1.82) is 0 Å². The molecule has 1 N–H and O–H groups in total. The highest BCUT2D eigenvalue weighted by Crippen LogP contribution is 2.06. The Bertz CT molecular complexity index is 722. The van der Waals surface area contributed by atoms with Gasteiger partial charge in [-0.1, -0.05) is 0 Å². The number of carbonyl (C=O) groups excluding carboxylic acids is 1. The molecule has 8 nitrogen and oxygen atoms in total. The van der Waals surface area contributed by atoms with E-state index in [2.05, 4.69) is 25.5 Å². The molecule has 0 aliphatic heterocycles. The maximum Gasteiger partial charge on any atom is 0.222 e. The van der Waals surface area contributed by atoms with Gasteiger partial charge < -0.3 is 5.32 Å². The van der Waals surface area contributed by atoms with E-state index in [0.717, 1.165) is 11.4 Å². The van der Waals surface area contributed by atoms with Crippen molar-refractivity contribution in [3.05, 3.63) is 55.0 Å². The molecule has 0 unspecified atom stereocenters. The van der Waals surface area contributed by atoms with Gasteiger partial charge in [0.25, 0.3) is 0 Å². The highest BCUT2D eigenvalue weighted by Gasteiger charge is 2.04. The molecule has 3 aromatic heterocycles. The van der Waals surface area contributed by atoms with Gasteiger partial charge in [0.05, 0.1) is 6.54 Å². The number of aromatic nitrogens is 6. The minimum atomic E-state index is -0.0343. The van der Waals surface area contributed by atoms with Gasteiger partial charge in [0.1, 0.15) is 12.7 Å². The Morgan fingerprint density at radius 3 is 3.00 bits per heavy atom. The largest absolute Gasteiger partial charge is 0.352 e. The van der Waals surface area contributed by atoms with Crippen LogP contribution in [0.3, 0.4) is 0 Å². The van der Waals surface area contributed by atoms with Crippen LogP contribution in [0.2, 0.25) is 0 Å². The van der Waals surface area contributed by atoms with Crippen LogP contribution < -0.4 is 5.32 Å². The third-order valence-corrected chi connectivity index (χ3v) is 3.07. The summed E-state index contributed by atoms with van der Waals surface area (Å²) in [5, 5.41) is 11.0. The van der Waals surface area contributed by atoms with E-state index in [4.69, 9.17) is 0 Å². The van der Waals surface area contributed by atoms with Gasteiger partial charge in [0.15, 0.2) is 5.82 Å². The molecular formula is C14H15N7O. The van der Waals surface area contributed by atoms with Crippen LogP contribution in [-0.2, 0) is 17.9 Å². The van der Waals surface area contributed by atoms with E-state index in [1.54, 1.807) is 28.1 Å². The third-order valence-electron chi connectivity index (χ3n) is 3.07. The Balaban J connectivity index is 1.53. The zero-order valence-corrected chi connectivity index (χ0v) is 11.8. The number of rotatable bonds is 6. The molecule has 3 heterocycles. The molecule has 1 amide bonds. The smallest absolute Gasteiger partial charge is 0.222 e. The van der Waals surface area contributed by atoms with E-state index in [9.17, 15) is 4.79 Å². The lowest BCUT2D eigenvalue weighted by Gasteiger charge is -2.07. The van der Waals surface area contributed by atoms with Gasteiger partial charge in [-0.15, -0.1) is 0 Å². The second kappa shape index (κ2) is 6.61. The second-order valence-electron chi connectivity index (χ2n) is 4.66. The van der Waals surface area contributed by atoms with Gasteiger partial charge in [-0.2, -0.15) is 10.2 Å². The van der Waals surface area contributed by atoms with Gasteiger partial charge >= 0.3 is 0 Å². The van der Waals surface area contributed by atoms with Crippen LogP contribution in [0.25, 0.3) is 5.82 Å². The molecule has 0 atom stereocenters. The minimum Gasteiger partial charge on any atom is -0.352 e. The quantitative estimate of drug-likeness (QED) is 0.718. The summed E-state index contributed by atoms with van der Waals surface area (Å²) in [6.45, 7) is 0.966. The summed E-state index contributed by atoms with van der Waals surface area (Å²) in [6, 6.07) is 5.59. The van der Waals surface area contributed by atoms with Crippen molar-refractivity contribution in [1.82, 2.24) is 34.8 Å². The molecule has 112 valence electrons. The number of amides is 1. The first-order valence-electron chi connectivity index (χ1n) is 6.85. The van der Waals surface area contributed by atoms with E-state index in [1.165, 1.54) is 6.33 Å². The van der Waals surface area contributed by atoms with Crippen LogP contribution in [0.15, 0.2) is 49.4 Å². The fourth-order valence-corrected chi connectivity index (χ4v) is 1.95. The average molecular weight is 297 g/mol. The molecule has 0 spiro atoms. The zero-order valence-electron chi connectivity index (χ0n) is 11.8.